The molecule has 1 aromatic carbocycles. The first-order valence-electron chi connectivity index (χ1n) is 10.3. The second-order valence-corrected chi connectivity index (χ2v) is 7.64. The number of carbonyl (C=O) groups excluding carboxylic acids is 2. The average molecular weight is 383 g/mol. The number of hydrogen-bond acceptors (Lipinski definition) is 3. The van der Waals surface area contributed by atoms with Gasteiger partial charge in [-0.15, -0.1) is 0 Å². The SMILES string of the molecule is Cc1cc(C(=O)OCC(=O)NC2CCCCCCC2)c(C)n1-c1ccccc1. The normalized spacial score (nSPS) is 15.5. The van der Waals surface area contributed by atoms with Gasteiger partial charge in [0.25, 0.3) is 5.91 Å². The number of hydrogen-bond donors (Lipinski definition) is 1. The van der Waals surface area contributed by atoms with Gasteiger partial charge in [-0.3, -0.25) is 4.79 Å². The molecule has 1 aromatic heterocycles. The molecule has 2 aromatic rings. The first-order valence-corrected chi connectivity index (χ1v) is 10.3. The van der Waals surface area contributed by atoms with Crippen LogP contribution >= 0.6 is 0 Å². The van der Waals surface area contributed by atoms with Crippen LogP contribution in [0.2, 0.25) is 0 Å². The van der Waals surface area contributed by atoms with Crippen molar-refractivity contribution in [3.05, 3.63) is 53.3 Å². The van der Waals surface area contributed by atoms with Crippen molar-refractivity contribution in [2.45, 2.75) is 64.8 Å². The van der Waals surface area contributed by atoms with Gasteiger partial charge in [-0.1, -0.05) is 50.3 Å². The van der Waals surface area contributed by atoms with Crippen LogP contribution in [0.3, 0.4) is 0 Å². The molecule has 5 heteroatoms. The molecule has 0 unspecified atom stereocenters. The zero-order valence-electron chi connectivity index (χ0n) is 16.9. The minimum atomic E-state index is -0.455. The first kappa shape index (κ1) is 20.2. The molecular formula is C23H30N2O3. The summed E-state index contributed by atoms with van der Waals surface area (Å²) in [4.78, 5) is 24.8. The molecule has 0 aliphatic heterocycles. The summed E-state index contributed by atoms with van der Waals surface area (Å²) in [6, 6.07) is 11.9. The van der Waals surface area contributed by atoms with E-state index < -0.39 is 5.97 Å². The fraction of sp³-hybridized carbons (Fsp3) is 0.478. The van der Waals surface area contributed by atoms with Crippen LogP contribution in [0.1, 0.15) is 66.7 Å². The van der Waals surface area contributed by atoms with Crippen LogP contribution in [0.4, 0.5) is 0 Å². The summed E-state index contributed by atoms with van der Waals surface area (Å²) < 4.78 is 7.33. The summed E-state index contributed by atoms with van der Waals surface area (Å²) in [6.07, 6.45) is 8.08. The third-order valence-electron chi connectivity index (χ3n) is 5.47. The highest BCUT2D eigenvalue weighted by Crippen LogP contribution is 2.21. The lowest BCUT2D eigenvalue weighted by molar-refractivity contribution is -0.125. The summed E-state index contributed by atoms with van der Waals surface area (Å²) in [6.45, 7) is 3.62. The van der Waals surface area contributed by atoms with Gasteiger partial charge in [-0.2, -0.15) is 0 Å². The van der Waals surface area contributed by atoms with Crippen LogP contribution in [0.15, 0.2) is 36.4 Å². The van der Waals surface area contributed by atoms with Crippen molar-refractivity contribution in [1.82, 2.24) is 9.88 Å². The molecule has 0 atom stereocenters. The fourth-order valence-electron chi connectivity index (χ4n) is 4.02. The highest BCUT2D eigenvalue weighted by molar-refractivity contribution is 5.93. The van der Waals surface area contributed by atoms with E-state index in [2.05, 4.69) is 5.32 Å². The largest absolute Gasteiger partial charge is 0.452 e. The van der Waals surface area contributed by atoms with E-state index in [-0.39, 0.29) is 18.6 Å². The molecule has 5 nitrogen and oxygen atoms in total. The average Bonchev–Trinajstić information content (AvgIpc) is 2.97. The Bertz CT molecular complexity index is 803. The number of carbonyl (C=O) groups is 2. The quantitative estimate of drug-likeness (QED) is 0.776. The number of nitrogens with zero attached hydrogens (tertiary/aromatic N) is 1. The summed E-state index contributed by atoms with van der Waals surface area (Å²) in [5.41, 5.74) is 3.27. The summed E-state index contributed by atoms with van der Waals surface area (Å²) >= 11 is 0. The lowest BCUT2D eigenvalue weighted by atomic mass is 9.97. The number of esters is 1. The van der Waals surface area contributed by atoms with Crippen LogP contribution in [0.5, 0.6) is 0 Å². The van der Waals surface area contributed by atoms with E-state index in [1.165, 1.54) is 19.3 Å². The predicted octanol–water partition coefficient (Wildman–Crippen LogP) is 4.48. The smallest absolute Gasteiger partial charge is 0.340 e. The van der Waals surface area contributed by atoms with Crippen molar-refractivity contribution < 1.29 is 14.3 Å². The summed E-state index contributed by atoms with van der Waals surface area (Å²) in [5.74, 6) is -0.668. The fourth-order valence-corrected chi connectivity index (χ4v) is 4.02. The Kier molecular flexibility index (Phi) is 6.90. The molecular weight excluding hydrogens is 352 g/mol. The zero-order chi connectivity index (χ0) is 19.9. The maximum absolute atomic E-state index is 12.5. The van der Waals surface area contributed by atoms with Crippen molar-refractivity contribution in [1.29, 1.82) is 0 Å². The Labute approximate surface area is 167 Å². The van der Waals surface area contributed by atoms with E-state index in [0.29, 0.717) is 5.56 Å². The molecule has 1 saturated carbocycles. The molecule has 1 aliphatic rings. The number of benzene rings is 1. The highest BCUT2D eigenvalue weighted by atomic mass is 16.5. The van der Waals surface area contributed by atoms with Crippen LogP contribution in [0.25, 0.3) is 5.69 Å². The Morgan fingerprint density at radius 2 is 1.68 bits per heavy atom. The molecule has 1 aliphatic carbocycles. The molecule has 0 radical (unpaired) electrons. The number of amides is 1. The van der Waals surface area contributed by atoms with Crippen LogP contribution in [-0.2, 0) is 9.53 Å². The number of rotatable bonds is 5. The van der Waals surface area contributed by atoms with Gasteiger partial charge in [0, 0.05) is 23.1 Å². The van der Waals surface area contributed by atoms with Gasteiger partial charge < -0.3 is 14.6 Å². The van der Waals surface area contributed by atoms with Crippen molar-refractivity contribution in [2.75, 3.05) is 6.61 Å². The molecule has 28 heavy (non-hydrogen) atoms. The molecule has 150 valence electrons. The van der Waals surface area contributed by atoms with Crippen molar-refractivity contribution in [2.24, 2.45) is 0 Å². The molecule has 0 bridgehead atoms. The molecule has 0 spiro atoms. The maximum Gasteiger partial charge on any atom is 0.340 e. The first-order chi connectivity index (χ1) is 13.6. The number of ether oxygens (including phenoxy) is 1. The number of nitrogens with one attached hydrogen (secondary N) is 1. The van der Waals surface area contributed by atoms with Gasteiger partial charge >= 0.3 is 5.97 Å². The van der Waals surface area contributed by atoms with E-state index in [1.54, 1.807) is 0 Å². The van der Waals surface area contributed by atoms with Gasteiger partial charge in [0.1, 0.15) is 0 Å². The van der Waals surface area contributed by atoms with Crippen LogP contribution in [-0.4, -0.2) is 29.1 Å². The van der Waals surface area contributed by atoms with Crippen molar-refractivity contribution in [3.63, 3.8) is 0 Å². The Balaban J connectivity index is 1.58. The minimum Gasteiger partial charge on any atom is -0.452 e. The van der Waals surface area contributed by atoms with Gasteiger partial charge in [0.15, 0.2) is 6.61 Å². The molecule has 1 amide bonds. The highest BCUT2D eigenvalue weighted by Gasteiger charge is 2.20. The molecule has 1 N–H and O–H groups in total. The Hall–Kier alpha value is -2.56. The third kappa shape index (κ3) is 5.03. The third-order valence-corrected chi connectivity index (χ3v) is 5.47. The topological polar surface area (TPSA) is 60.3 Å². The van der Waals surface area contributed by atoms with E-state index in [0.717, 1.165) is 42.8 Å². The van der Waals surface area contributed by atoms with E-state index in [9.17, 15) is 9.59 Å². The molecule has 3 rings (SSSR count). The van der Waals surface area contributed by atoms with Crippen molar-refractivity contribution >= 4 is 11.9 Å². The molecule has 0 saturated heterocycles. The van der Waals surface area contributed by atoms with Gasteiger partial charge in [0.2, 0.25) is 0 Å². The zero-order valence-corrected chi connectivity index (χ0v) is 16.9. The number of aromatic nitrogens is 1. The number of aryl methyl sites for hydroxylation is 1. The van der Waals surface area contributed by atoms with E-state index in [1.807, 2.05) is 54.8 Å². The lowest BCUT2D eigenvalue weighted by Gasteiger charge is -2.20. The van der Waals surface area contributed by atoms with Crippen molar-refractivity contribution in [3.8, 4) is 5.69 Å². The molecule has 1 fully saturated rings. The van der Waals surface area contributed by atoms with Crippen LogP contribution in [0, 0.1) is 13.8 Å². The summed E-state index contributed by atoms with van der Waals surface area (Å²) in [5, 5.41) is 3.03. The monoisotopic (exact) mass is 382 g/mol. The Morgan fingerprint density at radius 1 is 1.04 bits per heavy atom. The van der Waals surface area contributed by atoms with Crippen LogP contribution < -0.4 is 5.32 Å². The standard InChI is InChI=1S/C23H30N2O3/c1-17-15-21(18(2)25(17)20-13-9-6-10-14-20)23(27)28-16-22(26)24-19-11-7-4-3-5-8-12-19/h6,9-10,13-15,19H,3-5,7-8,11-12,16H2,1-2H3,(H,24,26). The lowest BCUT2D eigenvalue weighted by Crippen LogP contribution is -2.38. The minimum absolute atomic E-state index is 0.203. The molecule has 1 heterocycles. The summed E-state index contributed by atoms with van der Waals surface area (Å²) in [7, 11) is 0. The van der Waals surface area contributed by atoms with Gasteiger partial charge in [-0.25, -0.2) is 4.79 Å². The maximum atomic E-state index is 12.5. The van der Waals surface area contributed by atoms with Gasteiger partial charge in [0.05, 0.1) is 5.56 Å². The second-order valence-electron chi connectivity index (χ2n) is 7.64. The second kappa shape index (κ2) is 9.58. The predicted molar refractivity (Wildman–Crippen MR) is 110 cm³/mol. The Morgan fingerprint density at radius 3 is 2.36 bits per heavy atom. The number of para-hydroxylation sites is 1. The van der Waals surface area contributed by atoms with Gasteiger partial charge in [-0.05, 0) is 44.9 Å². The van der Waals surface area contributed by atoms with E-state index in [4.69, 9.17) is 4.74 Å². The van der Waals surface area contributed by atoms with E-state index >= 15 is 0 Å².